The number of anilines is 1. The molecule has 0 atom stereocenters. The summed E-state index contributed by atoms with van der Waals surface area (Å²) in [6.45, 7) is 0.171. The number of carbonyl (C=O) groups is 2. The van der Waals surface area contributed by atoms with Gasteiger partial charge in [-0.1, -0.05) is 17.7 Å². The average Bonchev–Trinajstić information content (AvgIpc) is 3.18. The van der Waals surface area contributed by atoms with Crippen LogP contribution < -0.4 is 24.8 Å². The van der Waals surface area contributed by atoms with Crippen LogP contribution in [0.2, 0.25) is 5.02 Å². The Labute approximate surface area is 177 Å². The van der Waals surface area contributed by atoms with Gasteiger partial charge in [0.25, 0.3) is 5.91 Å². The number of halogens is 1. The molecule has 0 saturated carbocycles. The van der Waals surface area contributed by atoms with Gasteiger partial charge in [0.2, 0.25) is 12.7 Å². The van der Waals surface area contributed by atoms with Crippen molar-refractivity contribution < 1.29 is 32.2 Å². The molecule has 0 aromatic heterocycles. The van der Waals surface area contributed by atoms with Crippen molar-refractivity contribution in [3.8, 4) is 17.2 Å². The van der Waals surface area contributed by atoms with Gasteiger partial charge in [-0.15, -0.1) is 0 Å². The minimum absolute atomic E-state index is 0.0553. The molecule has 2 aromatic carbocycles. The van der Waals surface area contributed by atoms with Crippen LogP contribution in [0.25, 0.3) is 0 Å². The Kier molecular flexibility index (Phi) is 5.44. The first kappa shape index (κ1) is 20.3. The van der Waals surface area contributed by atoms with E-state index in [2.05, 4.69) is 10.6 Å². The molecule has 0 unspecified atom stereocenters. The molecule has 2 aliphatic rings. The van der Waals surface area contributed by atoms with Gasteiger partial charge in [0.05, 0.1) is 21.4 Å². The van der Waals surface area contributed by atoms with Crippen LogP contribution in [0.1, 0.15) is 12.0 Å². The first-order chi connectivity index (χ1) is 14.3. The van der Waals surface area contributed by atoms with Gasteiger partial charge in [-0.25, -0.2) is 8.42 Å². The molecular weight excluding hydrogens is 436 g/mol. The fraction of sp³-hybridized carbons (Fsp3) is 0.263. The van der Waals surface area contributed by atoms with Crippen molar-refractivity contribution in [1.29, 1.82) is 0 Å². The zero-order valence-electron chi connectivity index (χ0n) is 15.6. The Bertz CT molecular complexity index is 1130. The van der Waals surface area contributed by atoms with Gasteiger partial charge in [-0.3, -0.25) is 9.59 Å². The summed E-state index contributed by atoms with van der Waals surface area (Å²) in [6, 6.07) is 7.87. The van der Waals surface area contributed by atoms with Crippen molar-refractivity contribution >= 4 is 38.9 Å². The van der Waals surface area contributed by atoms with Crippen LogP contribution in [0.15, 0.2) is 35.2 Å². The Morgan fingerprint density at radius 1 is 1.10 bits per heavy atom. The first-order valence-electron chi connectivity index (χ1n) is 8.96. The zero-order valence-corrected chi connectivity index (χ0v) is 17.1. The van der Waals surface area contributed by atoms with Gasteiger partial charge >= 0.3 is 0 Å². The van der Waals surface area contributed by atoms with Gasteiger partial charge in [0, 0.05) is 19.0 Å². The average molecular weight is 453 g/mol. The molecule has 2 aliphatic heterocycles. The molecule has 158 valence electrons. The summed E-state index contributed by atoms with van der Waals surface area (Å²) in [5, 5.41) is 5.18. The third kappa shape index (κ3) is 4.29. The second-order valence-electron chi connectivity index (χ2n) is 6.65. The summed E-state index contributed by atoms with van der Waals surface area (Å²) < 4.78 is 41.1. The largest absolute Gasteiger partial charge is 0.482 e. The summed E-state index contributed by atoms with van der Waals surface area (Å²) in [6.07, 6.45) is -0.238. The molecule has 30 heavy (non-hydrogen) atoms. The highest BCUT2D eigenvalue weighted by molar-refractivity contribution is 7.91. The Hall–Kier alpha value is -2.98. The van der Waals surface area contributed by atoms with Gasteiger partial charge in [0.15, 0.2) is 27.9 Å². The highest BCUT2D eigenvalue weighted by Crippen LogP contribution is 2.36. The molecule has 2 amide bonds. The molecule has 4 rings (SSSR count). The van der Waals surface area contributed by atoms with E-state index in [0.717, 1.165) is 5.56 Å². The van der Waals surface area contributed by atoms with Crippen molar-refractivity contribution in [3.63, 3.8) is 0 Å². The van der Waals surface area contributed by atoms with E-state index < -0.39 is 21.5 Å². The van der Waals surface area contributed by atoms with Gasteiger partial charge in [-0.05, 0) is 23.8 Å². The lowest BCUT2D eigenvalue weighted by molar-refractivity contribution is -0.121. The topological polar surface area (TPSA) is 120 Å². The molecule has 11 heteroatoms. The number of hydrogen-bond donors (Lipinski definition) is 2. The molecule has 0 fully saturated rings. The van der Waals surface area contributed by atoms with Crippen LogP contribution in [-0.4, -0.2) is 39.4 Å². The second-order valence-corrected chi connectivity index (χ2v) is 9.13. The minimum atomic E-state index is -3.85. The fourth-order valence-corrected chi connectivity index (χ4v) is 4.83. The van der Waals surface area contributed by atoms with Crippen LogP contribution in [0.5, 0.6) is 17.2 Å². The summed E-state index contributed by atoms with van der Waals surface area (Å²) in [5.74, 6) is 0.253. The number of carbonyl (C=O) groups excluding carboxylic acids is 2. The van der Waals surface area contributed by atoms with Crippen LogP contribution in [0.4, 0.5) is 5.69 Å². The minimum Gasteiger partial charge on any atom is -0.482 e. The zero-order chi connectivity index (χ0) is 21.3. The van der Waals surface area contributed by atoms with E-state index in [1.165, 1.54) is 12.1 Å². The maximum absolute atomic E-state index is 12.7. The maximum Gasteiger partial charge on any atom is 0.262 e. The van der Waals surface area contributed by atoms with E-state index in [1.54, 1.807) is 18.2 Å². The molecule has 0 aliphatic carbocycles. The molecule has 2 N–H and O–H groups in total. The first-order valence-corrected chi connectivity index (χ1v) is 11.0. The molecular formula is C19H17ClN2O7S. The van der Waals surface area contributed by atoms with Gasteiger partial charge in [0.1, 0.15) is 5.75 Å². The normalized spacial score (nSPS) is 14.5. The maximum atomic E-state index is 12.7. The highest BCUT2D eigenvalue weighted by Gasteiger charge is 2.25. The highest BCUT2D eigenvalue weighted by atomic mass is 35.5. The molecule has 0 saturated heterocycles. The van der Waals surface area contributed by atoms with Crippen LogP contribution >= 0.6 is 11.6 Å². The van der Waals surface area contributed by atoms with Crippen molar-refractivity contribution in [2.45, 2.75) is 17.9 Å². The SMILES string of the molecule is O=C(CCS(=O)(=O)c1cc2c(cc1Cl)NC(=O)CO2)NCc1ccc2c(c1)OCO2. The van der Waals surface area contributed by atoms with Crippen molar-refractivity contribution in [2.24, 2.45) is 0 Å². The monoisotopic (exact) mass is 452 g/mol. The van der Waals surface area contributed by atoms with E-state index in [-0.39, 0.29) is 47.9 Å². The van der Waals surface area contributed by atoms with Crippen LogP contribution in [0.3, 0.4) is 0 Å². The van der Waals surface area contributed by atoms with Crippen molar-refractivity contribution in [3.05, 3.63) is 40.9 Å². The number of fused-ring (bicyclic) bond motifs is 2. The molecule has 0 spiro atoms. The molecule has 2 heterocycles. The summed E-state index contributed by atoms with van der Waals surface area (Å²) in [7, 11) is -3.85. The third-order valence-corrected chi connectivity index (χ3v) is 6.70. The van der Waals surface area contributed by atoms with Crippen LogP contribution in [-0.2, 0) is 26.0 Å². The predicted octanol–water partition coefficient (Wildman–Crippen LogP) is 1.88. The van der Waals surface area contributed by atoms with E-state index >= 15 is 0 Å². The lowest BCUT2D eigenvalue weighted by Crippen LogP contribution is -2.26. The standard InChI is InChI=1S/C19H17ClN2O7S/c20-12-6-13-15(27-9-19(24)22-13)7-17(12)30(25,26)4-3-18(23)21-8-11-1-2-14-16(5-11)29-10-28-14/h1-2,5-7H,3-4,8-10H2,(H,21,23)(H,22,24). The number of sulfone groups is 1. The lowest BCUT2D eigenvalue weighted by atomic mass is 10.2. The van der Waals surface area contributed by atoms with E-state index in [4.69, 9.17) is 25.8 Å². The quantitative estimate of drug-likeness (QED) is 0.686. The van der Waals surface area contributed by atoms with Crippen molar-refractivity contribution in [1.82, 2.24) is 5.32 Å². The molecule has 9 nitrogen and oxygen atoms in total. The Morgan fingerprint density at radius 2 is 1.90 bits per heavy atom. The summed E-state index contributed by atoms with van der Waals surface area (Å²) in [5.41, 5.74) is 1.10. The second kappa shape index (κ2) is 8.04. The predicted molar refractivity (Wildman–Crippen MR) is 107 cm³/mol. The van der Waals surface area contributed by atoms with E-state index in [1.807, 2.05) is 0 Å². The Morgan fingerprint density at radius 3 is 2.73 bits per heavy atom. The molecule has 0 radical (unpaired) electrons. The van der Waals surface area contributed by atoms with E-state index in [9.17, 15) is 18.0 Å². The fourth-order valence-electron chi connectivity index (χ4n) is 3.00. The summed E-state index contributed by atoms with van der Waals surface area (Å²) >= 11 is 6.09. The van der Waals surface area contributed by atoms with E-state index in [0.29, 0.717) is 17.2 Å². The van der Waals surface area contributed by atoms with Gasteiger partial charge in [-0.2, -0.15) is 0 Å². The number of nitrogens with one attached hydrogen (secondary N) is 2. The third-order valence-electron chi connectivity index (χ3n) is 4.53. The number of benzene rings is 2. The van der Waals surface area contributed by atoms with Crippen LogP contribution in [0, 0.1) is 0 Å². The number of amides is 2. The molecule has 2 aromatic rings. The number of hydrogen-bond acceptors (Lipinski definition) is 7. The number of rotatable bonds is 6. The van der Waals surface area contributed by atoms with Crippen molar-refractivity contribution in [2.75, 3.05) is 24.5 Å². The van der Waals surface area contributed by atoms with Gasteiger partial charge < -0.3 is 24.8 Å². The summed E-state index contributed by atoms with van der Waals surface area (Å²) in [4.78, 5) is 23.4. The lowest BCUT2D eigenvalue weighted by Gasteiger charge is -2.19. The number of ether oxygens (including phenoxy) is 3. The Balaban J connectivity index is 1.37. The molecule has 0 bridgehead atoms. The smallest absolute Gasteiger partial charge is 0.262 e.